The van der Waals surface area contributed by atoms with E-state index in [-0.39, 0.29) is 29.6 Å². The van der Waals surface area contributed by atoms with E-state index in [1.165, 1.54) is 12.1 Å². The van der Waals surface area contributed by atoms with Gasteiger partial charge in [0, 0.05) is 12.0 Å². The summed E-state index contributed by atoms with van der Waals surface area (Å²) in [4.78, 5) is 14.4. The van der Waals surface area contributed by atoms with Crippen molar-refractivity contribution in [3.05, 3.63) is 40.9 Å². The molecule has 1 aromatic carbocycles. The van der Waals surface area contributed by atoms with Gasteiger partial charge in [-0.1, -0.05) is 12.1 Å². The Hall–Kier alpha value is -2.02. The molecule has 1 N–H and O–H groups in total. The van der Waals surface area contributed by atoms with E-state index in [0.717, 1.165) is 12.1 Å². The minimum Gasteiger partial charge on any atom is -0.481 e. The van der Waals surface area contributed by atoms with Crippen molar-refractivity contribution >= 4 is 17.6 Å². The van der Waals surface area contributed by atoms with Gasteiger partial charge in [0.05, 0.1) is 12.0 Å². The third-order valence-corrected chi connectivity index (χ3v) is 2.88. The third-order valence-electron chi connectivity index (χ3n) is 2.72. The number of oxazole rings is 1. The predicted molar refractivity (Wildman–Crippen MR) is 67.9 cm³/mol. The summed E-state index contributed by atoms with van der Waals surface area (Å²) in [6, 6.07) is 4.31. The predicted octanol–water partition coefficient (Wildman–Crippen LogP) is 4.03. The van der Waals surface area contributed by atoms with Gasteiger partial charge in [0.2, 0.25) is 0 Å². The molecule has 8 heteroatoms. The van der Waals surface area contributed by atoms with E-state index in [2.05, 4.69) is 4.98 Å². The molecule has 1 aromatic heterocycles. The van der Waals surface area contributed by atoms with Crippen LogP contribution in [0.2, 0.25) is 5.35 Å². The van der Waals surface area contributed by atoms with E-state index in [1.807, 2.05) is 0 Å². The number of carboxylic acid groups (broad SMARTS) is 1. The molecule has 1 heterocycles. The Labute approximate surface area is 122 Å². The first-order valence-electron chi connectivity index (χ1n) is 5.82. The zero-order valence-corrected chi connectivity index (χ0v) is 11.2. The van der Waals surface area contributed by atoms with Crippen molar-refractivity contribution < 1.29 is 27.5 Å². The molecule has 21 heavy (non-hydrogen) atoms. The van der Waals surface area contributed by atoms with Crippen molar-refractivity contribution in [3.63, 3.8) is 0 Å². The number of carboxylic acids is 1. The maximum Gasteiger partial charge on any atom is 0.416 e. The van der Waals surface area contributed by atoms with E-state index < -0.39 is 17.7 Å². The fraction of sp³-hybridized carbons (Fsp3) is 0.231. The number of hydrogen-bond acceptors (Lipinski definition) is 3. The fourth-order valence-corrected chi connectivity index (χ4v) is 1.93. The summed E-state index contributed by atoms with van der Waals surface area (Å²) in [7, 11) is 0. The van der Waals surface area contributed by atoms with E-state index >= 15 is 0 Å². The lowest BCUT2D eigenvalue weighted by Crippen LogP contribution is -2.04. The third kappa shape index (κ3) is 3.75. The summed E-state index contributed by atoms with van der Waals surface area (Å²) in [5.74, 6) is -0.803. The smallest absolute Gasteiger partial charge is 0.416 e. The van der Waals surface area contributed by atoms with Gasteiger partial charge >= 0.3 is 12.1 Å². The van der Waals surface area contributed by atoms with Crippen LogP contribution in [-0.2, 0) is 17.4 Å². The number of hydrogen-bond donors (Lipinski definition) is 1. The van der Waals surface area contributed by atoms with Gasteiger partial charge in [-0.2, -0.15) is 18.2 Å². The molecule has 0 aliphatic heterocycles. The fourth-order valence-electron chi connectivity index (χ4n) is 1.76. The topological polar surface area (TPSA) is 63.3 Å². The summed E-state index contributed by atoms with van der Waals surface area (Å²) >= 11 is 5.63. The van der Waals surface area contributed by atoms with Crippen molar-refractivity contribution in [2.45, 2.75) is 19.0 Å². The van der Waals surface area contributed by atoms with Gasteiger partial charge in [0.15, 0.2) is 0 Å². The van der Waals surface area contributed by atoms with Crippen LogP contribution in [0.1, 0.15) is 17.7 Å². The minimum atomic E-state index is -4.42. The molecule has 0 spiro atoms. The first kappa shape index (κ1) is 15.4. The van der Waals surface area contributed by atoms with Crippen LogP contribution in [0.4, 0.5) is 13.2 Å². The van der Waals surface area contributed by atoms with Gasteiger partial charge in [-0.15, -0.1) is 0 Å². The lowest BCUT2D eigenvalue weighted by Gasteiger charge is -2.07. The molecule has 0 saturated carbocycles. The Bertz CT molecular complexity index is 650. The van der Waals surface area contributed by atoms with Crippen molar-refractivity contribution in [2.24, 2.45) is 0 Å². The zero-order valence-electron chi connectivity index (χ0n) is 10.4. The molecule has 0 unspecified atom stereocenters. The summed E-state index contributed by atoms with van der Waals surface area (Å²) in [6.07, 6.45) is -4.57. The molecule has 0 aliphatic carbocycles. The van der Waals surface area contributed by atoms with Crippen molar-refractivity contribution in [2.75, 3.05) is 0 Å². The Balaban J connectivity index is 2.31. The number of rotatable bonds is 4. The maximum atomic E-state index is 12.5. The molecular weight excluding hydrogens is 311 g/mol. The largest absolute Gasteiger partial charge is 0.481 e. The number of aromatic nitrogens is 1. The normalized spacial score (nSPS) is 11.6. The van der Waals surface area contributed by atoms with E-state index in [9.17, 15) is 18.0 Å². The molecular formula is C13H9ClF3NO3. The molecule has 0 radical (unpaired) electrons. The monoisotopic (exact) mass is 319 g/mol. The molecule has 0 aliphatic rings. The van der Waals surface area contributed by atoms with Crippen LogP contribution in [-0.4, -0.2) is 16.1 Å². The molecule has 0 atom stereocenters. The number of nitrogens with zero attached hydrogens (tertiary/aromatic N) is 1. The van der Waals surface area contributed by atoms with Crippen LogP contribution in [0.25, 0.3) is 11.3 Å². The number of aryl methyl sites for hydroxylation is 1. The highest BCUT2D eigenvalue weighted by Crippen LogP contribution is 2.32. The molecule has 2 aromatic rings. The van der Waals surface area contributed by atoms with Crippen molar-refractivity contribution in [1.29, 1.82) is 0 Å². The molecule has 4 nitrogen and oxygen atoms in total. The number of benzene rings is 1. The highest BCUT2D eigenvalue weighted by Gasteiger charge is 2.30. The summed E-state index contributed by atoms with van der Waals surface area (Å²) in [5.41, 5.74) is -0.165. The van der Waals surface area contributed by atoms with Crippen LogP contribution < -0.4 is 0 Å². The molecule has 112 valence electrons. The summed E-state index contributed by atoms with van der Waals surface area (Å²) < 4.78 is 42.6. The highest BCUT2D eigenvalue weighted by atomic mass is 35.5. The van der Waals surface area contributed by atoms with Crippen LogP contribution in [0, 0.1) is 0 Å². The standard InChI is InChI=1S/C13H9ClF3NO3/c14-12-18-11(9(21-12)5-6-10(19)20)7-1-3-8(4-2-7)13(15,16)17/h1-4H,5-6H2,(H,19,20). The second-order valence-electron chi connectivity index (χ2n) is 4.21. The zero-order chi connectivity index (χ0) is 15.6. The number of alkyl halides is 3. The molecule has 0 bridgehead atoms. The van der Waals surface area contributed by atoms with Crippen LogP contribution in [0.5, 0.6) is 0 Å². The van der Waals surface area contributed by atoms with Crippen molar-refractivity contribution in [1.82, 2.24) is 4.98 Å². The van der Waals surface area contributed by atoms with Crippen molar-refractivity contribution in [3.8, 4) is 11.3 Å². The van der Waals surface area contributed by atoms with Crippen LogP contribution in [0.3, 0.4) is 0 Å². The van der Waals surface area contributed by atoms with Crippen LogP contribution >= 0.6 is 11.6 Å². The lowest BCUT2D eigenvalue weighted by atomic mass is 10.1. The van der Waals surface area contributed by atoms with Gasteiger partial charge in [0.25, 0.3) is 5.35 Å². The van der Waals surface area contributed by atoms with Gasteiger partial charge in [-0.25, -0.2) is 0 Å². The lowest BCUT2D eigenvalue weighted by molar-refractivity contribution is -0.138. The molecule has 0 amide bonds. The Morgan fingerprint density at radius 3 is 2.43 bits per heavy atom. The maximum absolute atomic E-state index is 12.5. The van der Waals surface area contributed by atoms with Gasteiger partial charge in [-0.05, 0) is 23.7 Å². The molecule has 0 saturated heterocycles. The Kier molecular flexibility index (Phi) is 4.22. The van der Waals surface area contributed by atoms with Gasteiger partial charge in [0.1, 0.15) is 11.5 Å². The summed E-state index contributed by atoms with van der Waals surface area (Å²) in [5, 5.41) is 8.46. The molecule has 2 rings (SSSR count). The SMILES string of the molecule is O=C(O)CCc1oc(Cl)nc1-c1ccc(C(F)(F)F)cc1. The summed E-state index contributed by atoms with van der Waals surface area (Å²) in [6.45, 7) is 0. The average Bonchev–Trinajstić information content (AvgIpc) is 2.77. The Morgan fingerprint density at radius 1 is 1.29 bits per heavy atom. The van der Waals surface area contributed by atoms with Gasteiger partial charge in [-0.3, -0.25) is 4.79 Å². The van der Waals surface area contributed by atoms with E-state index in [1.54, 1.807) is 0 Å². The van der Waals surface area contributed by atoms with E-state index in [4.69, 9.17) is 21.1 Å². The minimum absolute atomic E-state index is 0.0470. The second kappa shape index (κ2) is 5.77. The number of carbonyl (C=O) groups is 1. The van der Waals surface area contributed by atoms with E-state index in [0.29, 0.717) is 5.56 Å². The number of halogens is 4. The van der Waals surface area contributed by atoms with Gasteiger partial charge < -0.3 is 9.52 Å². The Morgan fingerprint density at radius 2 is 1.90 bits per heavy atom. The number of aliphatic carboxylic acids is 1. The quantitative estimate of drug-likeness (QED) is 0.924. The average molecular weight is 320 g/mol. The first-order valence-corrected chi connectivity index (χ1v) is 6.20. The van der Waals surface area contributed by atoms with Crippen LogP contribution in [0.15, 0.2) is 28.7 Å². The second-order valence-corrected chi connectivity index (χ2v) is 4.53. The highest BCUT2D eigenvalue weighted by molar-refractivity contribution is 6.27. The molecule has 0 fully saturated rings. The first-order chi connectivity index (χ1) is 9.77.